The molecule has 2 N–H and O–H groups in total. The van der Waals surface area contributed by atoms with Crippen LogP contribution in [-0.4, -0.2) is 20.7 Å². The number of carbonyl (C=O) groups is 1. The first-order chi connectivity index (χ1) is 11.5. The lowest BCUT2D eigenvalue weighted by molar-refractivity contribution is -0.116. The van der Waals surface area contributed by atoms with Gasteiger partial charge in [0.15, 0.2) is 10.6 Å². The lowest BCUT2D eigenvalue weighted by atomic mass is 10.2. The summed E-state index contributed by atoms with van der Waals surface area (Å²) in [6, 6.07) is 14.8. The maximum atomic E-state index is 12.3. The average Bonchev–Trinajstić information content (AvgIpc) is 2.89. The van der Waals surface area contributed by atoms with Crippen molar-refractivity contribution in [1.82, 2.24) is 14.8 Å². The molecule has 3 aromatic rings. The third-order valence-corrected chi connectivity index (χ3v) is 4.03. The fourth-order valence-electron chi connectivity index (χ4n) is 2.35. The van der Waals surface area contributed by atoms with Crippen LogP contribution >= 0.6 is 23.8 Å². The number of H-pyrrole nitrogens is 1. The quantitative estimate of drug-likeness (QED) is 0.687. The van der Waals surface area contributed by atoms with Crippen molar-refractivity contribution in [2.45, 2.75) is 13.5 Å². The first-order valence-electron chi connectivity index (χ1n) is 7.30. The monoisotopic (exact) mass is 358 g/mol. The fourth-order valence-corrected chi connectivity index (χ4v) is 2.67. The Morgan fingerprint density at radius 1 is 1.29 bits per heavy atom. The molecule has 122 valence electrons. The van der Waals surface area contributed by atoms with Gasteiger partial charge in [0.1, 0.15) is 6.54 Å². The number of nitrogens with zero attached hydrogens (tertiary/aromatic N) is 2. The summed E-state index contributed by atoms with van der Waals surface area (Å²) in [7, 11) is 0. The van der Waals surface area contributed by atoms with Crippen molar-refractivity contribution in [1.29, 1.82) is 0 Å². The molecule has 0 bridgehead atoms. The number of nitrogens with one attached hydrogen (secondary N) is 2. The highest BCUT2D eigenvalue weighted by Crippen LogP contribution is 2.20. The van der Waals surface area contributed by atoms with E-state index in [1.807, 2.05) is 43.3 Å². The minimum atomic E-state index is -0.173. The average molecular weight is 359 g/mol. The summed E-state index contributed by atoms with van der Waals surface area (Å²) in [6.07, 6.45) is 0. The Balaban J connectivity index is 1.82. The van der Waals surface area contributed by atoms with E-state index in [1.165, 1.54) is 0 Å². The molecule has 0 unspecified atom stereocenters. The predicted molar refractivity (Wildman–Crippen MR) is 97.7 cm³/mol. The van der Waals surface area contributed by atoms with E-state index in [0.717, 1.165) is 16.8 Å². The largest absolute Gasteiger partial charge is 0.325 e. The number of aromatic amines is 1. The highest BCUT2D eigenvalue weighted by Gasteiger charge is 2.12. The zero-order valence-corrected chi connectivity index (χ0v) is 14.5. The lowest BCUT2D eigenvalue weighted by Crippen LogP contribution is -2.19. The van der Waals surface area contributed by atoms with Gasteiger partial charge in [-0.3, -0.25) is 14.5 Å². The Morgan fingerprint density at radius 3 is 2.75 bits per heavy atom. The van der Waals surface area contributed by atoms with E-state index in [2.05, 4.69) is 15.5 Å². The van der Waals surface area contributed by atoms with E-state index >= 15 is 0 Å². The van der Waals surface area contributed by atoms with Crippen molar-refractivity contribution in [3.63, 3.8) is 0 Å². The zero-order chi connectivity index (χ0) is 17.1. The van der Waals surface area contributed by atoms with Gasteiger partial charge >= 0.3 is 0 Å². The number of aryl methyl sites for hydroxylation is 1. The van der Waals surface area contributed by atoms with E-state index in [4.69, 9.17) is 23.8 Å². The molecular formula is C17H15ClN4OS. The molecule has 0 fully saturated rings. The van der Waals surface area contributed by atoms with Gasteiger partial charge in [-0.2, -0.15) is 5.10 Å². The Kier molecular flexibility index (Phi) is 4.78. The maximum Gasteiger partial charge on any atom is 0.244 e. The van der Waals surface area contributed by atoms with Crippen molar-refractivity contribution in [3.8, 4) is 11.4 Å². The molecular weight excluding hydrogens is 344 g/mol. The summed E-state index contributed by atoms with van der Waals surface area (Å²) in [6.45, 7) is 2.04. The van der Waals surface area contributed by atoms with Crippen LogP contribution < -0.4 is 5.32 Å². The molecule has 7 heteroatoms. The third kappa shape index (κ3) is 3.72. The van der Waals surface area contributed by atoms with E-state index in [1.54, 1.807) is 16.7 Å². The van der Waals surface area contributed by atoms with Crippen LogP contribution in [0.25, 0.3) is 11.4 Å². The Hall–Kier alpha value is -2.44. The van der Waals surface area contributed by atoms with Gasteiger partial charge in [0.25, 0.3) is 0 Å². The molecule has 1 aromatic heterocycles. The van der Waals surface area contributed by atoms with Crippen molar-refractivity contribution in [2.75, 3.05) is 5.32 Å². The Labute approximate surface area is 149 Å². The number of carbonyl (C=O) groups excluding carboxylic acids is 1. The minimum absolute atomic E-state index is 0.0707. The van der Waals surface area contributed by atoms with Gasteiger partial charge in [-0.25, -0.2) is 0 Å². The van der Waals surface area contributed by atoms with Crippen LogP contribution in [0.1, 0.15) is 5.56 Å². The number of halogens is 1. The molecule has 3 rings (SSSR count). The van der Waals surface area contributed by atoms with Gasteiger partial charge in [-0.15, -0.1) is 0 Å². The molecule has 2 aromatic carbocycles. The number of benzene rings is 2. The number of anilines is 1. The highest BCUT2D eigenvalue weighted by molar-refractivity contribution is 7.71. The van der Waals surface area contributed by atoms with Gasteiger partial charge in [-0.1, -0.05) is 23.7 Å². The Morgan fingerprint density at radius 2 is 2.04 bits per heavy atom. The lowest BCUT2D eigenvalue weighted by Gasteiger charge is -2.09. The first kappa shape index (κ1) is 16.4. The predicted octanol–water partition coefficient (Wildman–Crippen LogP) is 4.21. The third-order valence-electron chi connectivity index (χ3n) is 3.46. The van der Waals surface area contributed by atoms with Crippen LogP contribution in [-0.2, 0) is 11.3 Å². The SMILES string of the molecule is Cc1cccc(NC(=O)Cn2c(-c3ccc(Cl)cc3)n[nH]c2=S)c1. The standard InChI is InChI=1S/C17H15ClN4OS/c1-11-3-2-4-14(9-11)19-15(23)10-22-16(20-21-17(22)24)12-5-7-13(18)8-6-12/h2-9H,10H2,1H3,(H,19,23)(H,21,24). The molecule has 1 heterocycles. The van der Waals surface area contributed by atoms with E-state index in [-0.39, 0.29) is 12.5 Å². The van der Waals surface area contributed by atoms with E-state index in [9.17, 15) is 4.79 Å². The number of amides is 1. The van der Waals surface area contributed by atoms with Gasteiger partial charge in [0.05, 0.1) is 0 Å². The zero-order valence-electron chi connectivity index (χ0n) is 12.9. The van der Waals surface area contributed by atoms with Crippen molar-refractivity contribution in [3.05, 3.63) is 63.9 Å². The normalized spacial score (nSPS) is 10.6. The number of hydrogen-bond donors (Lipinski definition) is 2. The van der Waals surface area contributed by atoms with Crippen LogP contribution in [0.3, 0.4) is 0 Å². The summed E-state index contributed by atoms with van der Waals surface area (Å²) in [5, 5.41) is 10.4. The molecule has 0 atom stereocenters. The summed E-state index contributed by atoms with van der Waals surface area (Å²) in [5.74, 6) is 0.421. The number of hydrogen-bond acceptors (Lipinski definition) is 3. The minimum Gasteiger partial charge on any atom is -0.325 e. The van der Waals surface area contributed by atoms with E-state index in [0.29, 0.717) is 15.6 Å². The summed E-state index contributed by atoms with van der Waals surface area (Å²) in [4.78, 5) is 12.3. The van der Waals surface area contributed by atoms with E-state index < -0.39 is 0 Å². The first-order valence-corrected chi connectivity index (χ1v) is 8.09. The van der Waals surface area contributed by atoms with Gasteiger partial charge in [-0.05, 0) is 61.1 Å². The van der Waals surface area contributed by atoms with Crippen molar-refractivity contribution < 1.29 is 4.79 Å². The molecule has 0 aliphatic heterocycles. The molecule has 0 spiro atoms. The van der Waals surface area contributed by atoms with Crippen LogP contribution in [0.15, 0.2) is 48.5 Å². The highest BCUT2D eigenvalue weighted by atomic mass is 35.5. The Bertz CT molecular complexity index is 930. The van der Waals surface area contributed by atoms with Gasteiger partial charge < -0.3 is 5.32 Å². The molecule has 24 heavy (non-hydrogen) atoms. The van der Waals surface area contributed by atoms with Crippen LogP contribution in [0, 0.1) is 11.7 Å². The van der Waals surface area contributed by atoms with Crippen molar-refractivity contribution >= 4 is 35.4 Å². The molecule has 0 aliphatic carbocycles. The summed E-state index contributed by atoms with van der Waals surface area (Å²) in [5.41, 5.74) is 2.66. The molecule has 5 nitrogen and oxygen atoms in total. The second-order valence-electron chi connectivity index (χ2n) is 5.36. The maximum absolute atomic E-state index is 12.3. The number of rotatable bonds is 4. The van der Waals surface area contributed by atoms with Gasteiger partial charge in [0.2, 0.25) is 5.91 Å². The molecule has 0 saturated heterocycles. The second kappa shape index (κ2) is 6.98. The molecule has 0 saturated carbocycles. The number of aromatic nitrogens is 3. The smallest absolute Gasteiger partial charge is 0.244 e. The molecule has 1 amide bonds. The van der Waals surface area contributed by atoms with Crippen LogP contribution in [0.4, 0.5) is 5.69 Å². The summed E-state index contributed by atoms with van der Waals surface area (Å²) < 4.78 is 2.04. The van der Waals surface area contributed by atoms with Gasteiger partial charge in [0, 0.05) is 16.3 Å². The fraction of sp³-hybridized carbons (Fsp3) is 0.118. The topological polar surface area (TPSA) is 62.7 Å². The molecule has 0 radical (unpaired) electrons. The van der Waals surface area contributed by atoms with Crippen LogP contribution in [0.2, 0.25) is 5.02 Å². The van der Waals surface area contributed by atoms with Crippen LogP contribution in [0.5, 0.6) is 0 Å². The second-order valence-corrected chi connectivity index (χ2v) is 6.19. The molecule has 0 aliphatic rings. The summed E-state index contributed by atoms with van der Waals surface area (Å²) >= 11 is 11.2. The van der Waals surface area contributed by atoms with Crippen molar-refractivity contribution in [2.24, 2.45) is 0 Å².